The first-order chi connectivity index (χ1) is 10.3. The molecule has 110 valence electrons. The number of hydrogen-bond acceptors (Lipinski definition) is 5. The molecular weight excluding hydrogens is 270 g/mol. The van der Waals surface area contributed by atoms with Crippen LogP contribution in [0.3, 0.4) is 0 Å². The van der Waals surface area contributed by atoms with Gasteiger partial charge in [0, 0.05) is 43.1 Å². The molecule has 21 heavy (non-hydrogen) atoms. The van der Waals surface area contributed by atoms with Gasteiger partial charge in [0.25, 0.3) is 5.69 Å². The van der Waals surface area contributed by atoms with Crippen molar-refractivity contribution in [2.45, 2.75) is 12.8 Å². The first-order valence-electron chi connectivity index (χ1n) is 7.09. The van der Waals surface area contributed by atoms with Crippen molar-refractivity contribution in [2.75, 3.05) is 25.1 Å². The minimum atomic E-state index is -0.394. The van der Waals surface area contributed by atoms with Crippen LogP contribution >= 0.6 is 0 Å². The first kappa shape index (κ1) is 13.8. The van der Waals surface area contributed by atoms with E-state index >= 15 is 0 Å². The van der Waals surface area contributed by atoms with Gasteiger partial charge in [-0.2, -0.15) is 0 Å². The number of aromatic nitrogens is 1. The number of nitro benzene ring substituents is 1. The highest BCUT2D eigenvalue weighted by Crippen LogP contribution is 2.28. The molecule has 1 N–H and O–H groups in total. The van der Waals surface area contributed by atoms with Crippen molar-refractivity contribution in [1.82, 2.24) is 4.98 Å². The summed E-state index contributed by atoms with van der Waals surface area (Å²) < 4.78 is 5.36. The van der Waals surface area contributed by atoms with E-state index in [1.807, 2.05) is 12.1 Å². The Morgan fingerprint density at radius 3 is 3.10 bits per heavy atom. The van der Waals surface area contributed by atoms with Crippen LogP contribution in [0.25, 0.3) is 10.9 Å². The maximum absolute atomic E-state index is 11.0. The second kappa shape index (κ2) is 6.05. The number of pyridine rings is 1. The molecule has 0 radical (unpaired) electrons. The van der Waals surface area contributed by atoms with Crippen LogP contribution in [0.15, 0.2) is 30.5 Å². The highest BCUT2D eigenvalue weighted by molar-refractivity contribution is 5.96. The van der Waals surface area contributed by atoms with Crippen molar-refractivity contribution in [3.05, 3.63) is 40.6 Å². The van der Waals surface area contributed by atoms with Gasteiger partial charge in [-0.05, 0) is 24.8 Å². The zero-order valence-corrected chi connectivity index (χ0v) is 11.6. The van der Waals surface area contributed by atoms with Crippen LogP contribution in [-0.4, -0.2) is 29.7 Å². The molecule has 1 atom stereocenters. The Kier molecular flexibility index (Phi) is 3.96. The van der Waals surface area contributed by atoms with Crippen molar-refractivity contribution < 1.29 is 9.66 Å². The number of fused-ring (bicyclic) bond motifs is 1. The number of rotatable bonds is 5. The monoisotopic (exact) mass is 287 g/mol. The van der Waals surface area contributed by atoms with Crippen LogP contribution in [-0.2, 0) is 4.74 Å². The van der Waals surface area contributed by atoms with E-state index in [1.165, 1.54) is 6.07 Å². The van der Waals surface area contributed by atoms with Gasteiger partial charge in [0.15, 0.2) is 0 Å². The normalized spacial score (nSPS) is 18.0. The molecule has 2 heterocycles. The van der Waals surface area contributed by atoms with Gasteiger partial charge in [-0.3, -0.25) is 10.1 Å². The number of para-hydroxylation sites is 1. The van der Waals surface area contributed by atoms with Crippen molar-refractivity contribution in [1.29, 1.82) is 0 Å². The summed E-state index contributed by atoms with van der Waals surface area (Å²) in [7, 11) is 0. The second-order valence-electron chi connectivity index (χ2n) is 5.23. The molecule has 0 bridgehead atoms. The topological polar surface area (TPSA) is 77.3 Å². The van der Waals surface area contributed by atoms with Gasteiger partial charge in [-0.15, -0.1) is 0 Å². The molecule has 0 saturated carbocycles. The molecule has 0 aliphatic carbocycles. The molecule has 2 aromatic rings. The van der Waals surface area contributed by atoms with Gasteiger partial charge in [0.05, 0.1) is 4.92 Å². The fourth-order valence-electron chi connectivity index (χ4n) is 2.68. The number of ether oxygens (including phenoxy) is 1. The van der Waals surface area contributed by atoms with E-state index in [4.69, 9.17) is 4.74 Å². The Bertz CT molecular complexity index is 654. The van der Waals surface area contributed by atoms with Crippen LogP contribution in [0.1, 0.15) is 12.8 Å². The smallest absolute Gasteiger partial charge is 0.295 e. The standard InChI is InChI=1S/C15H17N3O3/c19-18(20)14-3-1-2-12-13(5-8-17-15(12)14)16-7-4-11-6-9-21-10-11/h1-3,5,8,11H,4,6-7,9-10H2,(H,16,17). The maximum Gasteiger partial charge on any atom is 0.295 e. The summed E-state index contributed by atoms with van der Waals surface area (Å²) in [6.07, 6.45) is 3.76. The molecule has 1 saturated heterocycles. The van der Waals surface area contributed by atoms with Gasteiger partial charge in [-0.25, -0.2) is 4.98 Å². The van der Waals surface area contributed by atoms with E-state index in [2.05, 4.69) is 10.3 Å². The summed E-state index contributed by atoms with van der Waals surface area (Å²) in [5.74, 6) is 0.611. The summed E-state index contributed by atoms with van der Waals surface area (Å²) in [6.45, 7) is 2.52. The molecule has 0 amide bonds. The average molecular weight is 287 g/mol. The number of non-ortho nitro benzene ring substituents is 1. The van der Waals surface area contributed by atoms with E-state index in [-0.39, 0.29) is 5.69 Å². The summed E-state index contributed by atoms with van der Waals surface area (Å²) in [6, 6.07) is 6.89. The van der Waals surface area contributed by atoms with Crippen molar-refractivity contribution in [3.8, 4) is 0 Å². The predicted molar refractivity (Wildman–Crippen MR) is 80.4 cm³/mol. The Hall–Kier alpha value is -2.21. The highest BCUT2D eigenvalue weighted by atomic mass is 16.6. The SMILES string of the molecule is O=[N+]([O-])c1cccc2c(NCCC3CCOC3)ccnc12. The summed E-state index contributed by atoms with van der Waals surface area (Å²) in [5.41, 5.74) is 1.36. The zero-order chi connectivity index (χ0) is 14.7. The van der Waals surface area contributed by atoms with Crippen LogP contribution < -0.4 is 5.32 Å². The van der Waals surface area contributed by atoms with Crippen LogP contribution in [0.4, 0.5) is 11.4 Å². The van der Waals surface area contributed by atoms with E-state index in [9.17, 15) is 10.1 Å². The number of benzene rings is 1. The lowest BCUT2D eigenvalue weighted by atomic mass is 10.1. The molecular formula is C15H17N3O3. The number of hydrogen-bond donors (Lipinski definition) is 1. The molecule has 3 rings (SSSR count). The molecule has 6 nitrogen and oxygen atoms in total. The molecule has 1 aromatic heterocycles. The first-order valence-corrected chi connectivity index (χ1v) is 7.09. The van der Waals surface area contributed by atoms with Crippen molar-refractivity contribution in [3.63, 3.8) is 0 Å². The Morgan fingerprint density at radius 2 is 2.33 bits per heavy atom. The Labute approximate surface area is 122 Å². The lowest BCUT2D eigenvalue weighted by Gasteiger charge is -2.11. The third kappa shape index (κ3) is 2.95. The molecule has 0 spiro atoms. The molecule has 1 aromatic carbocycles. The third-order valence-corrected chi connectivity index (χ3v) is 3.84. The van der Waals surface area contributed by atoms with E-state index in [0.717, 1.165) is 43.7 Å². The van der Waals surface area contributed by atoms with Gasteiger partial charge in [0.1, 0.15) is 5.52 Å². The van der Waals surface area contributed by atoms with Gasteiger partial charge in [-0.1, -0.05) is 12.1 Å². The molecule has 6 heteroatoms. The second-order valence-corrected chi connectivity index (χ2v) is 5.23. The van der Waals surface area contributed by atoms with E-state index < -0.39 is 4.92 Å². The van der Waals surface area contributed by atoms with Crippen molar-refractivity contribution in [2.24, 2.45) is 5.92 Å². The van der Waals surface area contributed by atoms with Gasteiger partial charge >= 0.3 is 0 Å². The fraction of sp³-hybridized carbons (Fsp3) is 0.400. The molecule has 1 aliphatic rings. The van der Waals surface area contributed by atoms with E-state index in [1.54, 1.807) is 12.3 Å². The number of nitrogens with zero attached hydrogens (tertiary/aromatic N) is 2. The summed E-state index contributed by atoms with van der Waals surface area (Å²) in [4.78, 5) is 14.8. The molecule has 1 unspecified atom stereocenters. The quantitative estimate of drug-likeness (QED) is 0.675. The number of nitrogens with one attached hydrogen (secondary N) is 1. The third-order valence-electron chi connectivity index (χ3n) is 3.84. The summed E-state index contributed by atoms with van der Waals surface area (Å²) in [5, 5.41) is 15.2. The van der Waals surface area contributed by atoms with Crippen molar-refractivity contribution >= 4 is 22.3 Å². The van der Waals surface area contributed by atoms with Gasteiger partial charge in [0.2, 0.25) is 0 Å². The highest BCUT2D eigenvalue weighted by Gasteiger charge is 2.16. The lowest BCUT2D eigenvalue weighted by molar-refractivity contribution is -0.383. The predicted octanol–water partition coefficient (Wildman–Crippen LogP) is 2.98. The summed E-state index contributed by atoms with van der Waals surface area (Å²) >= 11 is 0. The van der Waals surface area contributed by atoms with Crippen LogP contribution in [0.5, 0.6) is 0 Å². The minimum Gasteiger partial charge on any atom is -0.384 e. The van der Waals surface area contributed by atoms with Crippen LogP contribution in [0.2, 0.25) is 0 Å². The van der Waals surface area contributed by atoms with Gasteiger partial charge < -0.3 is 10.1 Å². The van der Waals surface area contributed by atoms with Crippen LogP contribution in [0, 0.1) is 16.0 Å². The number of nitro groups is 1. The Morgan fingerprint density at radius 1 is 1.43 bits per heavy atom. The largest absolute Gasteiger partial charge is 0.384 e. The fourth-order valence-corrected chi connectivity index (χ4v) is 2.68. The maximum atomic E-state index is 11.0. The minimum absolute atomic E-state index is 0.0420. The zero-order valence-electron chi connectivity index (χ0n) is 11.6. The van der Waals surface area contributed by atoms with E-state index in [0.29, 0.717) is 11.4 Å². The lowest BCUT2D eigenvalue weighted by Crippen LogP contribution is -2.09. The molecule has 1 aliphatic heterocycles. The average Bonchev–Trinajstić information content (AvgIpc) is 3.00. The number of anilines is 1. The molecule has 1 fully saturated rings. The Balaban J connectivity index is 1.78.